The highest BCUT2D eigenvalue weighted by molar-refractivity contribution is 9.08. The summed E-state index contributed by atoms with van der Waals surface area (Å²) in [6.45, 7) is 5.87. The van der Waals surface area contributed by atoms with Gasteiger partial charge in [-0.2, -0.15) is 0 Å². The van der Waals surface area contributed by atoms with Crippen LogP contribution in [-0.2, 0) is 45.1 Å². The lowest BCUT2D eigenvalue weighted by Crippen LogP contribution is -2.57. The SMILES string of the molecule is CCc1ccc([C@@H]2O[C@H](SC)[C@@H](OC(C)=O)[C@H](OC(C)=O)[C@H]2OC(C)=O)cc1CBr.[B-]. The Labute approximate surface area is 197 Å². The van der Waals surface area contributed by atoms with Crippen molar-refractivity contribution in [2.45, 2.75) is 69.3 Å². The summed E-state index contributed by atoms with van der Waals surface area (Å²) in [5.41, 5.74) is 2.44. The second-order valence-corrected chi connectivity index (χ2v) is 8.40. The fourth-order valence-corrected chi connectivity index (χ4v) is 4.76. The topological polar surface area (TPSA) is 88.1 Å². The summed E-state index contributed by atoms with van der Waals surface area (Å²) in [6, 6.07) is 5.91. The summed E-state index contributed by atoms with van der Waals surface area (Å²) >= 11 is 4.84. The second-order valence-electron chi connectivity index (χ2n) is 6.90. The number of carbonyl (C=O) groups excluding carboxylic acids is 3. The van der Waals surface area contributed by atoms with E-state index in [2.05, 4.69) is 22.9 Å². The fraction of sp³-hybridized carbons (Fsp3) is 0.571. The molecule has 0 spiro atoms. The number of hydrogen-bond acceptors (Lipinski definition) is 8. The highest BCUT2D eigenvalue weighted by atomic mass is 79.9. The van der Waals surface area contributed by atoms with Crippen molar-refractivity contribution in [3.05, 3.63) is 34.9 Å². The van der Waals surface area contributed by atoms with Crippen LogP contribution in [0.4, 0.5) is 0 Å². The van der Waals surface area contributed by atoms with Crippen LogP contribution in [-0.4, -0.2) is 56.3 Å². The third kappa shape index (κ3) is 6.98. The number of esters is 3. The van der Waals surface area contributed by atoms with Crippen molar-refractivity contribution >= 4 is 54.0 Å². The van der Waals surface area contributed by atoms with Crippen LogP contribution >= 0.6 is 27.7 Å². The molecule has 1 aromatic rings. The van der Waals surface area contributed by atoms with Crippen LogP contribution in [0.1, 0.15) is 50.5 Å². The molecular weight excluding hydrogens is 487 g/mol. The number of halogens is 1. The Morgan fingerprint density at radius 2 is 1.52 bits per heavy atom. The van der Waals surface area contributed by atoms with E-state index in [1.807, 2.05) is 18.2 Å². The summed E-state index contributed by atoms with van der Waals surface area (Å²) in [4.78, 5) is 35.4. The first-order valence-electron chi connectivity index (χ1n) is 9.59. The second kappa shape index (κ2) is 12.5. The first-order chi connectivity index (χ1) is 14.2. The van der Waals surface area contributed by atoms with Crippen molar-refractivity contribution in [1.82, 2.24) is 0 Å². The maximum Gasteiger partial charge on any atom is 0.303 e. The minimum absolute atomic E-state index is 0. The summed E-state index contributed by atoms with van der Waals surface area (Å²) in [7, 11) is 0. The van der Waals surface area contributed by atoms with Crippen LogP contribution < -0.4 is 0 Å². The number of aryl methyl sites for hydroxylation is 1. The van der Waals surface area contributed by atoms with E-state index in [0.717, 1.165) is 17.5 Å². The molecule has 170 valence electrons. The number of ether oxygens (including phenoxy) is 4. The number of benzene rings is 1. The van der Waals surface area contributed by atoms with Gasteiger partial charge < -0.3 is 27.4 Å². The molecular formula is C21H27BBrO7S-. The van der Waals surface area contributed by atoms with E-state index < -0.39 is 47.8 Å². The molecule has 5 atom stereocenters. The Morgan fingerprint density at radius 3 is 2.00 bits per heavy atom. The van der Waals surface area contributed by atoms with Gasteiger partial charge in [0.1, 0.15) is 11.5 Å². The number of carbonyl (C=O) groups is 3. The molecule has 0 amide bonds. The molecule has 4 radical (unpaired) electrons. The van der Waals surface area contributed by atoms with Crippen LogP contribution in [0.15, 0.2) is 18.2 Å². The van der Waals surface area contributed by atoms with Crippen LogP contribution in [0.2, 0.25) is 0 Å². The summed E-state index contributed by atoms with van der Waals surface area (Å²) in [6.07, 6.45) is -0.935. The largest absolute Gasteiger partial charge is 1.00 e. The van der Waals surface area contributed by atoms with Gasteiger partial charge in [-0.3, -0.25) is 14.4 Å². The molecule has 0 N–H and O–H groups in total. The van der Waals surface area contributed by atoms with Crippen LogP contribution in [0, 0.1) is 0 Å². The number of alkyl halides is 1. The number of rotatable bonds is 7. The van der Waals surface area contributed by atoms with Gasteiger partial charge >= 0.3 is 17.9 Å². The predicted molar refractivity (Wildman–Crippen MR) is 122 cm³/mol. The van der Waals surface area contributed by atoms with E-state index in [4.69, 9.17) is 18.9 Å². The Bertz CT molecular complexity index is 791. The van der Waals surface area contributed by atoms with Crippen molar-refractivity contribution in [1.29, 1.82) is 0 Å². The van der Waals surface area contributed by atoms with Crippen LogP contribution in [0.5, 0.6) is 0 Å². The van der Waals surface area contributed by atoms with Crippen molar-refractivity contribution in [3.8, 4) is 0 Å². The monoisotopic (exact) mass is 513 g/mol. The molecule has 1 saturated heterocycles. The zero-order chi connectivity index (χ0) is 22.4. The maximum absolute atomic E-state index is 11.9. The third-order valence-corrected chi connectivity index (χ3v) is 6.17. The van der Waals surface area contributed by atoms with Gasteiger partial charge in [0, 0.05) is 26.1 Å². The van der Waals surface area contributed by atoms with Crippen molar-refractivity contribution in [3.63, 3.8) is 0 Å². The normalized spacial score (nSPS) is 25.2. The van der Waals surface area contributed by atoms with Gasteiger partial charge in [-0.25, -0.2) is 0 Å². The number of hydrogen-bond donors (Lipinski definition) is 0. The Balaban J connectivity index is 0.00000480. The summed E-state index contributed by atoms with van der Waals surface area (Å²) in [5.74, 6) is -1.67. The smallest absolute Gasteiger partial charge is 0.303 e. The lowest BCUT2D eigenvalue weighted by molar-refractivity contribution is -0.233. The van der Waals surface area contributed by atoms with E-state index in [0.29, 0.717) is 5.33 Å². The molecule has 7 nitrogen and oxygen atoms in total. The maximum atomic E-state index is 11.9. The van der Waals surface area contributed by atoms with Gasteiger partial charge in [-0.15, -0.1) is 11.8 Å². The molecule has 0 saturated carbocycles. The minimum atomic E-state index is -1.01. The van der Waals surface area contributed by atoms with E-state index in [9.17, 15) is 14.4 Å². The molecule has 0 aliphatic carbocycles. The molecule has 0 bridgehead atoms. The molecule has 1 aliphatic rings. The lowest BCUT2D eigenvalue weighted by atomic mass is 9.91. The third-order valence-electron chi connectivity index (χ3n) is 4.72. The molecule has 0 unspecified atom stereocenters. The quantitative estimate of drug-likeness (QED) is 0.237. The fourth-order valence-electron chi connectivity index (χ4n) is 3.52. The minimum Gasteiger partial charge on any atom is -1.00 e. The van der Waals surface area contributed by atoms with Crippen molar-refractivity contribution in [2.24, 2.45) is 0 Å². The van der Waals surface area contributed by atoms with Gasteiger partial charge in [0.25, 0.3) is 0 Å². The van der Waals surface area contributed by atoms with E-state index in [1.165, 1.54) is 38.1 Å². The van der Waals surface area contributed by atoms with Crippen molar-refractivity contribution in [2.75, 3.05) is 6.26 Å². The van der Waals surface area contributed by atoms with E-state index >= 15 is 0 Å². The summed E-state index contributed by atoms with van der Waals surface area (Å²) in [5, 5.41) is 0.657. The van der Waals surface area contributed by atoms with Crippen LogP contribution in [0.25, 0.3) is 0 Å². The van der Waals surface area contributed by atoms with E-state index in [-0.39, 0.29) is 8.41 Å². The molecule has 1 aromatic carbocycles. The average Bonchev–Trinajstić information content (AvgIpc) is 2.69. The zero-order valence-corrected chi connectivity index (χ0v) is 20.7. The highest BCUT2D eigenvalue weighted by Crippen LogP contribution is 2.40. The molecule has 31 heavy (non-hydrogen) atoms. The molecule has 1 fully saturated rings. The summed E-state index contributed by atoms with van der Waals surface area (Å²) < 4.78 is 22.7. The lowest BCUT2D eigenvalue weighted by Gasteiger charge is -2.44. The first kappa shape index (κ1) is 27.5. The van der Waals surface area contributed by atoms with Gasteiger partial charge in [0.2, 0.25) is 0 Å². The highest BCUT2D eigenvalue weighted by Gasteiger charge is 2.52. The van der Waals surface area contributed by atoms with Gasteiger partial charge in [-0.1, -0.05) is 41.1 Å². The van der Waals surface area contributed by atoms with Gasteiger partial charge in [-0.05, 0) is 29.4 Å². The molecule has 1 aliphatic heterocycles. The molecule has 0 aromatic heterocycles. The number of thioether (sulfide) groups is 1. The first-order valence-corrected chi connectivity index (χ1v) is 12.0. The molecule has 1 heterocycles. The Morgan fingerprint density at radius 1 is 0.968 bits per heavy atom. The van der Waals surface area contributed by atoms with Gasteiger partial charge in [0.15, 0.2) is 18.3 Å². The average molecular weight is 514 g/mol. The molecule has 10 heteroatoms. The van der Waals surface area contributed by atoms with Crippen molar-refractivity contribution < 1.29 is 33.3 Å². The standard InChI is InChI=1S/C21H27BrO7S.B/c1-6-14-7-8-15(9-16(14)10-22)17-18(26-11(2)23)19(27-12(3)24)20(28-13(4)25)21(29-17)30-5;/h7-9,17-21H,6,10H2,1-5H3;/q;-1/t17-,18-,19+,20-,21+;/m0./s1. The Kier molecular flexibility index (Phi) is 11.1. The Hall–Kier alpha value is -1.52. The zero-order valence-electron chi connectivity index (χ0n) is 18.3. The van der Waals surface area contributed by atoms with Crippen LogP contribution in [0.3, 0.4) is 0 Å². The van der Waals surface area contributed by atoms with Gasteiger partial charge in [0.05, 0.1) is 0 Å². The predicted octanol–water partition coefficient (Wildman–Crippen LogP) is 3.32. The molecule has 2 rings (SSSR count). The van der Waals surface area contributed by atoms with E-state index in [1.54, 1.807) is 6.26 Å².